The molecule has 120 valence electrons. The third-order valence-electron chi connectivity index (χ3n) is 4.91. The van der Waals surface area contributed by atoms with Gasteiger partial charge in [0.2, 0.25) is 0 Å². The average Bonchev–Trinajstić information content (AvgIpc) is 2.44. The van der Waals surface area contributed by atoms with Crippen molar-refractivity contribution in [3.05, 3.63) is 34.9 Å². The van der Waals surface area contributed by atoms with Crippen molar-refractivity contribution in [2.75, 3.05) is 6.54 Å². The summed E-state index contributed by atoms with van der Waals surface area (Å²) in [6.45, 7) is 17.2. The van der Waals surface area contributed by atoms with Crippen LogP contribution in [-0.4, -0.2) is 6.54 Å². The molecule has 1 aromatic carbocycles. The summed E-state index contributed by atoms with van der Waals surface area (Å²) in [5.74, 6) is 0.692. The molecule has 2 unspecified atom stereocenters. The minimum Gasteiger partial charge on any atom is -0.310 e. The molecular weight excluding hydrogens is 254 g/mol. The zero-order chi connectivity index (χ0) is 16.0. The molecular formula is C20H35N. The van der Waals surface area contributed by atoms with Gasteiger partial charge < -0.3 is 5.32 Å². The number of nitrogens with one attached hydrogen (secondary N) is 1. The Labute approximate surface area is 132 Å². The van der Waals surface area contributed by atoms with Gasteiger partial charge >= 0.3 is 0 Å². The Balaban J connectivity index is 3.00. The molecule has 0 radical (unpaired) electrons. The summed E-state index contributed by atoms with van der Waals surface area (Å²) in [5, 5.41) is 3.69. The van der Waals surface area contributed by atoms with Crippen molar-refractivity contribution < 1.29 is 0 Å². The fourth-order valence-corrected chi connectivity index (χ4v) is 2.83. The fraction of sp³-hybridized carbons (Fsp3) is 0.700. The van der Waals surface area contributed by atoms with Crippen LogP contribution in [0.1, 0.15) is 77.6 Å². The van der Waals surface area contributed by atoms with Crippen LogP contribution < -0.4 is 5.32 Å². The summed E-state index contributed by atoms with van der Waals surface area (Å²) >= 11 is 0. The van der Waals surface area contributed by atoms with Crippen LogP contribution >= 0.6 is 0 Å². The van der Waals surface area contributed by atoms with Gasteiger partial charge in [-0.3, -0.25) is 0 Å². The van der Waals surface area contributed by atoms with Gasteiger partial charge in [0.05, 0.1) is 0 Å². The molecule has 2 atom stereocenters. The van der Waals surface area contributed by atoms with Gasteiger partial charge in [0.1, 0.15) is 0 Å². The smallest absolute Gasteiger partial charge is 0.0322 e. The number of benzene rings is 1. The van der Waals surface area contributed by atoms with Gasteiger partial charge in [0.15, 0.2) is 0 Å². The van der Waals surface area contributed by atoms with Crippen LogP contribution in [0.15, 0.2) is 18.2 Å². The van der Waals surface area contributed by atoms with E-state index in [1.807, 2.05) is 0 Å². The minimum atomic E-state index is 0.366. The Bertz CT molecular complexity index is 428. The SMILES string of the molecule is CCNC(CC(C)C(C)(C)C)c1ccc(CC)c(CC)c1. The van der Waals surface area contributed by atoms with Crippen LogP contribution in [0.5, 0.6) is 0 Å². The second kappa shape index (κ2) is 7.98. The minimum absolute atomic E-state index is 0.366. The summed E-state index contributed by atoms with van der Waals surface area (Å²) < 4.78 is 0. The summed E-state index contributed by atoms with van der Waals surface area (Å²) in [4.78, 5) is 0. The Morgan fingerprint density at radius 2 is 1.62 bits per heavy atom. The van der Waals surface area contributed by atoms with Crippen LogP contribution in [-0.2, 0) is 12.8 Å². The molecule has 1 rings (SSSR count). The molecule has 0 aliphatic rings. The highest BCUT2D eigenvalue weighted by Crippen LogP contribution is 2.33. The van der Waals surface area contributed by atoms with Crippen molar-refractivity contribution >= 4 is 0 Å². The fourth-order valence-electron chi connectivity index (χ4n) is 2.83. The second-order valence-corrected chi connectivity index (χ2v) is 7.35. The van der Waals surface area contributed by atoms with Crippen molar-refractivity contribution in [2.45, 2.75) is 73.8 Å². The Morgan fingerprint density at radius 3 is 2.10 bits per heavy atom. The lowest BCUT2D eigenvalue weighted by Gasteiger charge is -2.31. The molecule has 0 fully saturated rings. The van der Waals surface area contributed by atoms with E-state index in [9.17, 15) is 0 Å². The third-order valence-corrected chi connectivity index (χ3v) is 4.91. The lowest BCUT2D eigenvalue weighted by Crippen LogP contribution is -2.27. The molecule has 0 aliphatic carbocycles. The number of hydrogen-bond donors (Lipinski definition) is 1. The van der Waals surface area contributed by atoms with Crippen LogP contribution in [0.3, 0.4) is 0 Å². The highest BCUT2D eigenvalue weighted by molar-refractivity contribution is 5.34. The van der Waals surface area contributed by atoms with Crippen molar-refractivity contribution in [1.82, 2.24) is 5.32 Å². The van der Waals surface area contributed by atoms with Crippen LogP contribution in [0.2, 0.25) is 0 Å². The van der Waals surface area contributed by atoms with E-state index in [-0.39, 0.29) is 0 Å². The van der Waals surface area contributed by atoms with E-state index in [4.69, 9.17) is 0 Å². The highest BCUT2D eigenvalue weighted by Gasteiger charge is 2.24. The monoisotopic (exact) mass is 289 g/mol. The molecule has 1 aromatic rings. The van der Waals surface area contributed by atoms with E-state index in [0.29, 0.717) is 17.4 Å². The molecule has 0 amide bonds. The molecule has 0 aromatic heterocycles. The maximum atomic E-state index is 3.69. The molecule has 0 saturated carbocycles. The van der Waals surface area contributed by atoms with Crippen molar-refractivity contribution in [1.29, 1.82) is 0 Å². The van der Waals surface area contributed by atoms with Crippen LogP contribution in [0.4, 0.5) is 0 Å². The van der Waals surface area contributed by atoms with Gasteiger partial charge in [0.25, 0.3) is 0 Å². The highest BCUT2D eigenvalue weighted by atomic mass is 14.9. The van der Waals surface area contributed by atoms with Gasteiger partial charge in [-0.1, -0.05) is 66.7 Å². The molecule has 0 bridgehead atoms. The lowest BCUT2D eigenvalue weighted by molar-refractivity contribution is 0.224. The first-order valence-electron chi connectivity index (χ1n) is 8.68. The summed E-state index contributed by atoms with van der Waals surface area (Å²) in [6, 6.07) is 7.57. The first-order valence-corrected chi connectivity index (χ1v) is 8.68. The van der Waals surface area contributed by atoms with E-state index in [2.05, 4.69) is 72.0 Å². The molecule has 1 heteroatoms. The van der Waals surface area contributed by atoms with Gasteiger partial charge in [0, 0.05) is 6.04 Å². The predicted octanol–water partition coefficient (Wildman–Crippen LogP) is 5.53. The van der Waals surface area contributed by atoms with E-state index in [1.54, 1.807) is 0 Å². The van der Waals surface area contributed by atoms with Crippen molar-refractivity contribution in [3.63, 3.8) is 0 Å². The zero-order valence-electron chi connectivity index (χ0n) is 15.2. The summed E-state index contributed by atoms with van der Waals surface area (Å²) in [6.07, 6.45) is 3.46. The lowest BCUT2D eigenvalue weighted by atomic mass is 9.77. The van der Waals surface area contributed by atoms with E-state index in [1.165, 1.54) is 23.1 Å². The van der Waals surface area contributed by atoms with Gasteiger partial charge in [-0.05, 0) is 53.8 Å². The first kappa shape index (κ1) is 18.2. The van der Waals surface area contributed by atoms with Gasteiger partial charge in [-0.25, -0.2) is 0 Å². The van der Waals surface area contributed by atoms with Crippen molar-refractivity contribution in [3.8, 4) is 0 Å². The molecule has 21 heavy (non-hydrogen) atoms. The normalized spacial score (nSPS) is 15.0. The largest absolute Gasteiger partial charge is 0.310 e. The molecule has 0 saturated heterocycles. The second-order valence-electron chi connectivity index (χ2n) is 7.35. The maximum Gasteiger partial charge on any atom is 0.0322 e. The van der Waals surface area contributed by atoms with E-state index in [0.717, 1.165) is 19.4 Å². The first-order chi connectivity index (χ1) is 9.83. The molecule has 0 aliphatic heterocycles. The van der Waals surface area contributed by atoms with Crippen molar-refractivity contribution in [2.24, 2.45) is 11.3 Å². The Kier molecular flexibility index (Phi) is 6.93. The van der Waals surface area contributed by atoms with E-state index < -0.39 is 0 Å². The number of hydrogen-bond acceptors (Lipinski definition) is 1. The molecule has 1 N–H and O–H groups in total. The molecule has 0 heterocycles. The summed E-state index contributed by atoms with van der Waals surface area (Å²) in [5.41, 5.74) is 4.84. The number of aryl methyl sites for hydroxylation is 2. The van der Waals surface area contributed by atoms with Crippen LogP contribution in [0, 0.1) is 11.3 Å². The zero-order valence-corrected chi connectivity index (χ0v) is 15.2. The van der Waals surface area contributed by atoms with Gasteiger partial charge in [-0.15, -0.1) is 0 Å². The van der Waals surface area contributed by atoms with E-state index >= 15 is 0 Å². The topological polar surface area (TPSA) is 12.0 Å². The Morgan fingerprint density at radius 1 is 1.00 bits per heavy atom. The van der Waals surface area contributed by atoms with Crippen LogP contribution in [0.25, 0.3) is 0 Å². The van der Waals surface area contributed by atoms with Gasteiger partial charge in [-0.2, -0.15) is 0 Å². The third kappa shape index (κ3) is 5.14. The average molecular weight is 290 g/mol. The predicted molar refractivity (Wildman–Crippen MR) is 94.9 cm³/mol. The maximum absolute atomic E-state index is 3.69. The molecule has 0 spiro atoms. The number of rotatable bonds is 7. The summed E-state index contributed by atoms with van der Waals surface area (Å²) in [7, 11) is 0. The quantitative estimate of drug-likeness (QED) is 0.695. The standard InChI is InChI=1S/C20H35N/c1-8-16-11-12-18(14-17(16)9-2)19(21-10-3)13-15(4)20(5,6)7/h11-12,14-15,19,21H,8-10,13H2,1-7H3. The molecule has 1 nitrogen and oxygen atoms in total. The Hall–Kier alpha value is -0.820.